The zero-order valence-electron chi connectivity index (χ0n) is 19.8. The van der Waals surface area contributed by atoms with Crippen LogP contribution in [0.15, 0.2) is 24.3 Å². The first-order chi connectivity index (χ1) is 15.6. The van der Waals surface area contributed by atoms with E-state index in [0.29, 0.717) is 18.1 Å². The second kappa shape index (κ2) is 9.53. The average Bonchev–Trinajstić information content (AvgIpc) is 3.25. The highest BCUT2D eigenvalue weighted by atomic mass is 35.5. The first-order valence-electron chi connectivity index (χ1n) is 12.0. The summed E-state index contributed by atoms with van der Waals surface area (Å²) in [7, 11) is 0. The van der Waals surface area contributed by atoms with Crippen LogP contribution >= 0.6 is 11.6 Å². The Bertz CT molecular complexity index is 907. The van der Waals surface area contributed by atoms with E-state index in [2.05, 4.69) is 0 Å². The molecule has 2 aliphatic heterocycles. The minimum Gasteiger partial charge on any atom is -0.443 e. The number of nitrogens with zero attached hydrogens (tertiary/aromatic N) is 3. The lowest BCUT2D eigenvalue weighted by molar-refractivity contribution is -0.156. The number of hydrogen-bond acceptors (Lipinski definition) is 4. The number of benzene rings is 1. The van der Waals surface area contributed by atoms with E-state index in [1.165, 1.54) is 0 Å². The number of rotatable bonds is 4. The molecule has 1 atom stereocenters. The Kier molecular flexibility index (Phi) is 6.89. The van der Waals surface area contributed by atoms with Gasteiger partial charge in [-0.15, -0.1) is 0 Å². The van der Waals surface area contributed by atoms with E-state index < -0.39 is 5.60 Å². The molecule has 1 saturated carbocycles. The number of carbonyl (C=O) groups excluding carboxylic acids is 3. The van der Waals surface area contributed by atoms with Crippen molar-refractivity contribution in [2.75, 3.05) is 24.5 Å². The molecule has 0 N–H and O–H groups in total. The fourth-order valence-corrected chi connectivity index (χ4v) is 5.47. The Morgan fingerprint density at radius 3 is 2.52 bits per heavy atom. The van der Waals surface area contributed by atoms with E-state index in [1.54, 1.807) is 21.9 Å². The molecule has 0 radical (unpaired) electrons. The normalized spacial score (nSPS) is 25.8. The Morgan fingerprint density at radius 2 is 1.85 bits per heavy atom. The van der Waals surface area contributed by atoms with Gasteiger partial charge < -0.3 is 14.5 Å². The second-order valence-electron chi connectivity index (χ2n) is 10.5. The number of amides is 3. The van der Waals surface area contributed by atoms with Gasteiger partial charge >= 0.3 is 6.09 Å². The molecule has 3 fully saturated rings. The Hall–Kier alpha value is -2.28. The Balaban J connectivity index is 1.41. The van der Waals surface area contributed by atoms with Crippen molar-refractivity contribution >= 4 is 35.2 Å². The molecule has 0 unspecified atom stereocenters. The van der Waals surface area contributed by atoms with Crippen LogP contribution in [-0.2, 0) is 14.3 Å². The average molecular weight is 476 g/mol. The molecule has 7 nitrogen and oxygen atoms in total. The van der Waals surface area contributed by atoms with Gasteiger partial charge in [0.25, 0.3) is 0 Å². The molecule has 0 spiro atoms. The molecule has 3 amide bonds. The predicted octanol–water partition coefficient (Wildman–Crippen LogP) is 4.47. The number of halogens is 1. The lowest BCUT2D eigenvalue weighted by Gasteiger charge is -2.43. The van der Waals surface area contributed by atoms with Crippen molar-refractivity contribution in [3.05, 3.63) is 29.3 Å². The van der Waals surface area contributed by atoms with Gasteiger partial charge in [-0.05, 0) is 83.4 Å². The first kappa shape index (κ1) is 23.9. The molecule has 2 heterocycles. The third-order valence-electron chi connectivity index (χ3n) is 6.88. The Labute approximate surface area is 201 Å². The lowest BCUT2D eigenvalue weighted by Crippen LogP contribution is -2.60. The van der Waals surface area contributed by atoms with E-state index in [9.17, 15) is 14.4 Å². The zero-order valence-corrected chi connectivity index (χ0v) is 20.5. The summed E-state index contributed by atoms with van der Waals surface area (Å²) in [6, 6.07) is 7.11. The third-order valence-corrected chi connectivity index (χ3v) is 7.11. The monoisotopic (exact) mass is 475 g/mol. The molecule has 1 aliphatic carbocycles. The minimum atomic E-state index is -0.596. The smallest absolute Gasteiger partial charge is 0.414 e. The molecule has 0 aromatic heterocycles. The quantitative estimate of drug-likeness (QED) is 0.644. The van der Waals surface area contributed by atoms with E-state index in [4.69, 9.17) is 16.3 Å². The summed E-state index contributed by atoms with van der Waals surface area (Å²) >= 11 is 6.19. The van der Waals surface area contributed by atoms with Gasteiger partial charge in [0, 0.05) is 29.8 Å². The fraction of sp³-hybridized carbons (Fsp3) is 0.640. The van der Waals surface area contributed by atoms with Gasteiger partial charge in [-0.2, -0.15) is 0 Å². The van der Waals surface area contributed by atoms with Crippen LogP contribution in [0, 0.1) is 5.92 Å². The molecule has 1 aromatic carbocycles. The number of carbonyl (C=O) groups is 3. The van der Waals surface area contributed by atoms with Gasteiger partial charge in [0.2, 0.25) is 11.8 Å². The summed E-state index contributed by atoms with van der Waals surface area (Å²) in [5.74, 6) is 0.479. The molecule has 180 valence electrons. The van der Waals surface area contributed by atoms with Crippen molar-refractivity contribution in [3.63, 3.8) is 0 Å². The van der Waals surface area contributed by atoms with E-state index in [-0.39, 0.29) is 42.5 Å². The number of piperazine rings is 1. The third kappa shape index (κ3) is 5.45. The van der Waals surface area contributed by atoms with Crippen molar-refractivity contribution in [1.29, 1.82) is 0 Å². The maximum atomic E-state index is 13.0. The number of fused-ring (bicyclic) bond motifs is 1. The molecule has 4 rings (SSSR count). The van der Waals surface area contributed by atoms with Crippen LogP contribution in [-0.4, -0.2) is 65.0 Å². The lowest BCUT2D eigenvalue weighted by atomic mass is 9.84. The topological polar surface area (TPSA) is 70.2 Å². The van der Waals surface area contributed by atoms with Gasteiger partial charge in [-0.3, -0.25) is 14.5 Å². The van der Waals surface area contributed by atoms with E-state index in [0.717, 1.165) is 44.2 Å². The molecular weight excluding hydrogens is 442 g/mol. The second-order valence-corrected chi connectivity index (χ2v) is 10.9. The molecule has 8 heteroatoms. The first-order valence-corrected chi connectivity index (χ1v) is 12.4. The number of ether oxygens (including phenoxy) is 1. The van der Waals surface area contributed by atoms with E-state index in [1.807, 2.05) is 37.8 Å². The molecule has 3 aliphatic rings. The van der Waals surface area contributed by atoms with Crippen molar-refractivity contribution < 1.29 is 19.1 Å². The van der Waals surface area contributed by atoms with Gasteiger partial charge in [-0.1, -0.05) is 17.7 Å². The SMILES string of the molecule is CC(C)(C)OC(=O)N(CC1CCC(N2CC(=O)N3CCC[C@H]3C2=O)CC1)c1cccc(Cl)c1. The molecule has 1 aromatic rings. The summed E-state index contributed by atoms with van der Waals surface area (Å²) in [5, 5.41) is 0.569. The van der Waals surface area contributed by atoms with Crippen LogP contribution in [0.4, 0.5) is 10.5 Å². The maximum absolute atomic E-state index is 13.0. The van der Waals surface area contributed by atoms with Crippen LogP contribution in [0.2, 0.25) is 5.02 Å². The van der Waals surface area contributed by atoms with Crippen LogP contribution in [0.5, 0.6) is 0 Å². The minimum absolute atomic E-state index is 0.0799. The summed E-state index contributed by atoms with van der Waals surface area (Å²) in [6.45, 7) is 7.01. The Morgan fingerprint density at radius 1 is 1.12 bits per heavy atom. The summed E-state index contributed by atoms with van der Waals surface area (Å²) in [5.41, 5.74) is 0.123. The molecule has 0 bridgehead atoms. The van der Waals surface area contributed by atoms with Crippen LogP contribution in [0.3, 0.4) is 0 Å². The number of hydrogen-bond donors (Lipinski definition) is 0. The van der Waals surface area contributed by atoms with Gasteiger partial charge in [0.1, 0.15) is 18.2 Å². The van der Waals surface area contributed by atoms with Crippen LogP contribution < -0.4 is 4.90 Å². The van der Waals surface area contributed by atoms with Crippen molar-refractivity contribution in [1.82, 2.24) is 9.80 Å². The molecule has 33 heavy (non-hydrogen) atoms. The zero-order chi connectivity index (χ0) is 23.8. The standard InChI is InChI=1S/C25H34ClN3O4/c1-25(2,3)33-24(32)29(20-7-4-6-18(26)14-20)15-17-9-11-19(12-10-17)28-16-22(30)27-13-5-8-21(27)23(28)31/h4,6-7,14,17,19,21H,5,8-13,15-16H2,1-3H3/t17?,19?,21-/m0/s1. The van der Waals surface area contributed by atoms with Gasteiger partial charge in [0.15, 0.2) is 0 Å². The van der Waals surface area contributed by atoms with E-state index >= 15 is 0 Å². The molecule has 2 saturated heterocycles. The van der Waals surface area contributed by atoms with Crippen LogP contribution in [0.1, 0.15) is 59.3 Å². The predicted molar refractivity (Wildman–Crippen MR) is 127 cm³/mol. The highest BCUT2D eigenvalue weighted by Crippen LogP contribution is 2.33. The van der Waals surface area contributed by atoms with Gasteiger partial charge in [-0.25, -0.2) is 4.79 Å². The summed E-state index contributed by atoms with van der Waals surface area (Å²) < 4.78 is 5.67. The number of anilines is 1. The summed E-state index contributed by atoms with van der Waals surface area (Å²) in [4.78, 5) is 43.8. The fourth-order valence-electron chi connectivity index (χ4n) is 5.28. The highest BCUT2D eigenvalue weighted by Gasteiger charge is 2.44. The van der Waals surface area contributed by atoms with Crippen molar-refractivity contribution in [2.24, 2.45) is 5.92 Å². The van der Waals surface area contributed by atoms with Crippen LogP contribution in [0.25, 0.3) is 0 Å². The molecular formula is C25H34ClN3O4. The largest absolute Gasteiger partial charge is 0.443 e. The summed E-state index contributed by atoms with van der Waals surface area (Å²) in [6.07, 6.45) is 4.76. The highest BCUT2D eigenvalue weighted by molar-refractivity contribution is 6.30. The van der Waals surface area contributed by atoms with Gasteiger partial charge in [0.05, 0.1) is 0 Å². The maximum Gasteiger partial charge on any atom is 0.414 e. The van der Waals surface area contributed by atoms with Crippen molar-refractivity contribution in [2.45, 2.75) is 77.0 Å². The van der Waals surface area contributed by atoms with Crippen molar-refractivity contribution in [3.8, 4) is 0 Å².